The number of halogens is 3. The van der Waals surface area contributed by atoms with Crippen LogP contribution >= 0.6 is 39.3 Å². The molecule has 3 fully saturated rings. The number of hydrogen-bond donors (Lipinski definition) is 0. The topological polar surface area (TPSA) is 37.4 Å². The Morgan fingerprint density at radius 1 is 1.13 bits per heavy atom. The zero-order valence-corrected chi connectivity index (χ0v) is 10.8. The first-order chi connectivity index (χ1) is 6.95. The minimum absolute atomic E-state index is 0.0654. The summed E-state index contributed by atoms with van der Waals surface area (Å²) in [6.07, 6.45) is 2.78. The molecule has 6 heteroatoms. The van der Waals surface area contributed by atoms with Crippen molar-refractivity contribution >= 4 is 51.2 Å². The summed E-state index contributed by atoms with van der Waals surface area (Å²) in [5.41, 5.74) is 0. The van der Waals surface area contributed by atoms with Gasteiger partial charge in [-0.25, -0.2) is 3.93 Å². The number of nitrogens with zero attached hydrogens (tertiary/aromatic N) is 1. The van der Waals surface area contributed by atoms with Gasteiger partial charge in [0.15, 0.2) is 9.75 Å². The summed E-state index contributed by atoms with van der Waals surface area (Å²) in [5.74, 6) is -0.661. The molecule has 2 aliphatic carbocycles. The van der Waals surface area contributed by atoms with Crippen molar-refractivity contribution < 1.29 is 9.59 Å². The Kier molecular flexibility index (Phi) is 1.87. The van der Waals surface area contributed by atoms with Crippen molar-refractivity contribution in [2.75, 3.05) is 0 Å². The fourth-order valence-corrected chi connectivity index (χ4v) is 5.26. The maximum Gasteiger partial charge on any atom is 0.263 e. The molecule has 1 heterocycles. The van der Waals surface area contributed by atoms with E-state index in [9.17, 15) is 9.59 Å². The number of alkyl halides is 2. The van der Waals surface area contributed by atoms with Crippen molar-refractivity contribution in [1.29, 1.82) is 0 Å². The van der Waals surface area contributed by atoms with E-state index in [0.29, 0.717) is 0 Å². The van der Waals surface area contributed by atoms with Crippen molar-refractivity contribution in [3.8, 4) is 0 Å². The lowest BCUT2D eigenvalue weighted by molar-refractivity contribution is -0.132. The molecule has 0 aromatic rings. The average Bonchev–Trinajstić information content (AvgIpc) is 2.73. The predicted molar refractivity (Wildman–Crippen MR) is 58.8 cm³/mol. The summed E-state index contributed by atoms with van der Waals surface area (Å²) >= 11 is 15.6. The average molecular weight is 313 g/mol. The predicted octanol–water partition coefficient (Wildman–Crippen LogP) is 2.05. The molecule has 0 spiro atoms. The van der Waals surface area contributed by atoms with E-state index in [4.69, 9.17) is 23.2 Å². The second-order valence-electron chi connectivity index (χ2n) is 4.46. The van der Waals surface area contributed by atoms with E-state index in [0.717, 1.165) is 23.2 Å². The van der Waals surface area contributed by atoms with Crippen LogP contribution < -0.4 is 0 Å². The highest BCUT2D eigenvalue weighted by Crippen LogP contribution is 2.70. The molecule has 4 atom stereocenters. The second kappa shape index (κ2) is 2.71. The van der Waals surface area contributed by atoms with Gasteiger partial charge >= 0.3 is 0 Å². The van der Waals surface area contributed by atoms with Crippen LogP contribution in [0.4, 0.5) is 0 Å². The van der Waals surface area contributed by atoms with Gasteiger partial charge in [0.2, 0.25) is 0 Å². The Morgan fingerprint density at radius 2 is 1.53 bits per heavy atom. The number of amides is 2. The summed E-state index contributed by atoms with van der Waals surface area (Å²) in [6.45, 7) is 0. The van der Waals surface area contributed by atoms with Gasteiger partial charge < -0.3 is 0 Å². The van der Waals surface area contributed by atoms with Gasteiger partial charge in [-0.2, -0.15) is 0 Å². The Bertz CT molecular complexity index is 356. The minimum Gasteiger partial charge on any atom is -0.271 e. The summed E-state index contributed by atoms with van der Waals surface area (Å²) < 4.78 is 0.908. The van der Waals surface area contributed by atoms with Crippen LogP contribution in [0.3, 0.4) is 0 Å². The Morgan fingerprint density at radius 3 is 1.93 bits per heavy atom. The molecule has 1 saturated heterocycles. The van der Waals surface area contributed by atoms with E-state index in [2.05, 4.69) is 16.1 Å². The molecule has 0 radical (unpaired) electrons. The van der Waals surface area contributed by atoms with Gasteiger partial charge in [0.25, 0.3) is 11.8 Å². The molecule has 0 aromatic heterocycles. The van der Waals surface area contributed by atoms with Crippen LogP contribution in [0.2, 0.25) is 0 Å². The van der Waals surface area contributed by atoms with Gasteiger partial charge in [-0.15, -0.1) is 23.2 Å². The molecule has 82 valence electrons. The van der Waals surface area contributed by atoms with Crippen molar-refractivity contribution in [3.05, 3.63) is 0 Å². The third kappa shape index (κ3) is 0.806. The van der Waals surface area contributed by atoms with E-state index in [-0.39, 0.29) is 11.8 Å². The highest BCUT2D eigenvalue weighted by atomic mass is 79.9. The normalized spacial score (nSPS) is 52.9. The number of imide groups is 1. The zero-order valence-electron chi connectivity index (χ0n) is 7.67. The highest BCUT2D eigenvalue weighted by Gasteiger charge is 2.84. The van der Waals surface area contributed by atoms with Crippen LogP contribution in [0, 0.1) is 11.8 Å². The van der Waals surface area contributed by atoms with Gasteiger partial charge in [-0.3, -0.25) is 9.59 Å². The van der Waals surface area contributed by atoms with Crippen molar-refractivity contribution in [2.45, 2.75) is 29.0 Å². The molecule has 15 heavy (non-hydrogen) atoms. The number of rotatable bonds is 0. The van der Waals surface area contributed by atoms with Crippen molar-refractivity contribution in [2.24, 2.45) is 11.8 Å². The standard InChI is InChI=1S/C9H8BrCl2NO2/c10-13-6(14)8(11)4-2-1-3-5(4)9(8,12)7(13)15/h4-5H,1-3H2/t4-,5+,8?,9?. The van der Waals surface area contributed by atoms with E-state index in [1.807, 2.05) is 0 Å². The minimum atomic E-state index is -1.20. The monoisotopic (exact) mass is 311 g/mol. The number of fused-ring (bicyclic) bond motifs is 4. The largest absolute Gasteiger partial charge is 0.271 e. The smallest absolute Gasteiger partial charge is 0.263 e. The third-order valence-corrected chi connectivity index (χ3v) is 6.27. The van der Waals surface area contributed by atoms with Gasteiger partial charge in [0.1, 0.15) is 0 Å². The molecule has 3 nitrogen and oxygen atoms in total. The van der Waals surface area contributed by atoms with Crippen molar-refractivity contribution in [1.82, 2.24) is 3.93 Å². The maximum atomic E-state index is 11.9. The SMILES string of the molecule is O=C1N(Br)C(=O)C2(Cl)[C@H]3CCC[C@H]3C12Cl. The molecule has 2 amide bonds. The summed E-state index contributed by atoms with van der Waals surface area (Å²) in [7, 11) is 0. The third-order valence-electron chi connectivity index (χ3n) is 4.05. The first kappa shape index (κ1) is 10.4. The lowest BCUT2D eigenvalue weighted by Gasteiger charge is -2.53. The van der Waals surface area contributed by atoms with E-state index >= 15 is 0 Å². The highest BCUT2D eigenvalue weighted by molar-refractivity contribution is 9.08. The van der Waals surface area contributed by atoms with Crippen LogP contribution in [0.25, 0.3) is 0 Å². The molecule has 1 aliphatic heterocycles. The van der Waals surface area contributed by atoms with E-state index in [1.54, 1.807) is 0 Å². The number of carbonyl (C=O) groups excluding carboxylic acids is 2. The number of hydrogen-bond acceptors (Lipinski definition) is 2. The summed E-state index contributed by atoms with van der Waals surface area (Å²) in [5, 5.41) is 0. The summed E-state index contributed by atoms with van der Waals surface area (Å²) in [6, 6.07) is 0. The Hall–Kier alpha value is 0.200. The van der Waals surface area contributed by atoms with Crippen LogP contribution in [0.5, 0.6) is 0 Å². The molecule has 2 saturated carbocycles. The molecular formula is C9H8BrCl2NO2. The summed E-state index contributed by atoms with van der Waals surface area (Å²) in [4.78, 5) is 21.4. The zero-order chi connectivity index (χ0) is 11.0. The van der Waals surface area contributed by atoms with E-state index < -0.39 is 21.6 Å². The second-order valence-corrected chi connectivity index (χ2v) is 6.36. The molecule has 0 aromatic carbocycles. The van der Waals surface area contributed by atoms with Gasteiger partial charge in [-0.1, -0.05) is 6.42 Å². The fourth-order valence-electron chi connectivity index (χ4n) is 3.36. The van der Waals surface area contributed by atoms with Gasteiger partial charge in [-0.05, 0) is 24.7 Å². The Labute approximate surface area is 105 Å². The number of carbonyl (C=O) groups is 2. The molecular weight excluding hydrogens is 305 g/mol. The lowest BCUT2D eigenvalue weighted by Crippen LogP contribution is -2.69. The van der Waals surface area contributed by atoms with Gasteiger partial charge in [0, 0.05) is 0 Å². The molecule has 0 N–H and O–H groups in total. The molecule has 0 bridgehead atoms. The molecule has 3 aliphatic rings. The molecule has 3 rings (SSSR count). The first-order valence-corrected chi connectivity index (χ1v) is 6.34. The quantitative estimate of drug-likeness (QED) is 0.390. The first-order valence-electron chi connectivity index (χ1n) is 4.88. The van der Waals surface area contributed by atoms with Gasteiger partial charge in [0.05, 0.1) is 16.1 Å². The van der Waals surface area contributed by atoms with Crippen LogP contribution in [0.15, 0.2) is 0 Å². The molecule has 2 unspecified atom stereocenters. The maximum absolute atomic E-state index is 11.9. The fraction of sp³-hybridized carbons (Fsp3) is 0.778. The van der Waals surface area contributed by atoms with Crippen LogP contribution in [-0.2, 0) is 9.59 Å². The van der Waals surface area contributed by atoms with E-state index in [1.165, 1.54) is 0 Å². The van der Waals surface area contributed by atoms with Crippen molar-refractivity contribution in [3.63, 3.8) is 0 Å². The van der Waals surface area contributed by atoms with Crippen LogP contribution in [-0.4, -0.2) is 25.5 Å². The Balaban J connectivity index is 2.15. The lowest BCUT2D eigenvalue weighted by atomic mass is 9.58. The van der Waals surface area contributed by atoms with Crippen LogP contribution in [0.1, 0.15) is 19.3 Å².